The molecule has 0 bridgehead atoms. The lowest BCUT2D eigenvalue weighted by Crippen LogP contribution is -2.13. The molecule has 5 heterocycles. The van der Waals surface area contributed by atoms with Gasteiger partial charge in [-0.3, -0.25) is 9.20 Å². The lowest BCUT2D eigenvalue weighted by atomic mass is 10.1. The molecular formula is C25H14F3N7O. The Labute approximate surface area is 200 Å². The molecule has 0 spiro atoms. The van der Waals surface area contributed by atoms with Gasteiger partial charge in [-0.15, -0.1) is 0 Å². The molecule has 0 unspecified atom stereocenters. The van der Waals surface area contributed by atoms with E-state index in [1.165, 1.54) is 22.8 Å². The van der Waals surface area contributed by atoms with E-state index >= 15 is 0 Å². The second-order valence-corrected chi connectivity index (χ2v) is 7.85. The van der Waals surface area contributed by atoms with Crippen molar-refractivity contribution in [2.24, 2.45) is 0 Å². The minimum atomic E-state index is -1.11. The zero-order valence-corrected chi connectivity index (χ0v) is 18.2. The summed E-state index contributed by atoms with van der Waals surface area (Å²) in [6, 6.07) is 16.7. The standard InChI is InChI=1S/C25H14F3N7O/c26-16-6-4-14(5-7-16)23-24(34-10-2-1-3-21(34)32-23)17-8-9-22-30-20(13-35(22)33-17)31-25(36)15-11-18(27)29-19(28)12-15/h1-13H,(H,31,36). The van der Waals surface area contributed by atoms with Gasteiger partial charge < -0.3 is 5.32 Å². The Morgan fingerprint density at radius 1 is 0.833 bits per heavy atom. The van der Waals surface area contributed by atoms with Gasteiger partial charge in [0.2, 0.25) is 11.9 Å². The van der Waals surface area contributed by atoms with Crippen LogP contribution in [-0.2, 0) is 0 Å². The Hall–Kier alpha value is -5.06. The number of carbonyl (C=O) groups is 1. The zero-order chi connectivity index (χ0) is 24.8. The van der Waals surface area contributed by atoms with Crippen LogP contribution in [0.15, 0.2) is 79.1 Å². The van der Waals surface area contributed by atoms with Crippen molar-refractivity contribution in [3.63, 3.8) is 0 Å². The second kappa shape index (κ2) is 8.31. The number of anilines is 1. The van der Waals surface area contributed by atoms with Crippen LogP contribution in [0, 0.1) is 17.7 Å². The van der Waals surface area contributed by atoms with E-state index in [9.17, 15) is 18.0 Å². The molecule has 1 N–H and O–H groups in total. The van der Waals surface area contributed by atoms with E-state index in [2.05, 4.69) is 20.4 Å². The van der Waals surface area contributed by atoms with Gasteiger partial charge in [-0.2, -0.15) is 18.9 Å². The molecule has 0 atom stereocenters. The summed E-state index contributed by atoms with van der Waals surface area (Å²) < 4.78 is 43.6. The van der Waals surface area contributed by atoms with Crippen LogP contribution in [0.4, 0.5) is 19.0 Å². The third-order valence-electron chi connectivity index (χ3n) is 5.48. The van der Waals surface area contributed by atoms with E-state index in [0.717, 1.165) is 12.1 Å². The molecule has 6 aromatic rings. The molecule has 0 aliphatic heterocycles. The molecule has 1 aromatic carbocycles. The van der Waals surface area contributed by atoms with E-state index in [1.807, 2.05) is 28.8 Å². The average molecular weight is 485 g/mol. The fourth-order valence-electron chi connectivity index (χ4n) is 3.90. The van der Waals surface area contributed by atoms with Gasteiger partial charge in [-0.1, -0.05) is 6.07 Å². The molecular weight excluding hydrogens is 471 g/mol. The summed E-state index contributed by atoms with van der Waals surface area (Å²) in [6.07, 6.45) is 3.33. The predicted molar refractivity (Wildman–Crippen MR) is 125 cm³/mol. The molecule has 0 radical (unpaired) electrons. The monoisotopic (exact) mass is 485 g/mol. The smallest absolute Gasteiger partial charge is 0.257 e. The van der Waals surface area contributed by atoms with Crippen LogP contribution in [0.25, 0.3) is 33.9 Å². The number of rotatable bonds is 4. The third-order valence-corrected chi connectivity index (χ3v) is 5.48. The van der Waals surface area contributed by atoms with E-state index in [1.54, 1.807) is 24.3 Å². The fourth-order valence-corrected chi connectivity index (χ4v) is 3.90. The summed E-state index contributed by atoms with van der Waals surface area (Å²) >= 11 is 0. The summed E-state index contributed by atoms with van der Waals surface area (Å²) in [5.74, 6) is -3.18. The van der Waals surface area contributed by atoms with Crippen LogP contribution in [0.5, 0.6) is 0 Å². The highest BCUT2D eigenvalue weighted by atomic mass is 19.1. The summed E-state index contributed by atoms with van der Waals surface area (Å²) in [7, 11) is 0. The first kappa shape index (κ1) is 21.5. The van der Waals surface area contributed by atoms with E-state index in [0.29, 0.717) is 33.9 Å². The molecule has 0 aliphatic carbocycles. The number of imidazole rings is 2. The van der Waals surface area contributed by atoms with Crippen molar-refractivity contribution in [2.45, 2.75) is 0 Å². The van der Waals surface area contributed by atoms with Crippen LogP contribution in [0.1, 0.15) is 10.4 Å². The maximum Gasteiger partial charge on any atom is 0.257 e. The first-order chi connectivity index (χ1) is 17.4. The zero-order valence-electron chi connectivity index (χ0n) is 18.2. The third kappa shape index (κ3) is 3.82. The molecule has 8 nitrogen and oxygen atoms in total. The maximum absolute atomic E-state index is 13.5. The Bertz CT molecular complexity index is 1760. The van der Waals surface area contributed by atoms with Gasteiger partial charge in [0, 0.05) is 29.5 Å². The molecule has 36 heavy (non-hydrogen) atoms. The van der Waals surface area contributed by atoms with Crippen molar-refractivity contribution in [3.8, 4) is 22.6 Å². The normalized spacial score (nSPS) is 11.3. The molecule has 0 aliphatic rings. The number of nitrogens with zero attached hydrogens (tertiary/aromatic N) is 6. The van der Waals surface area contributed by atoms with E-state index < -0.39 is 17.8 Å². The van der Waals surface area contributed by atoms with Crippen molar-refractivity contribution >= 4 is 23.0 Å². The van der Waals surface area contributed by atoms with E-state index in [4.69, 9.17) is 4.98 Å². The largest absolute Gasteiger partial charge is 0.305 e. The van der Waals surface area contributed by atoms with Crippen molar-refractivity contribution in [1.29, 1.82) is 0 Å². The number of aromatic nitrogens is 6. The number of amides is 1. The van der Waals surface area contributed by atoms with Gasteiger partial charge in [0.05, 0.1) is 11.9 Å². The van der Waals surface area contributed by atoms with Crippen LogP contribution in [0.2, 0.25) is 0 Å². The Balaban J connectivity index is 1.40. The number of fused-ring (bicyclic) bond motifs is 2. The number of hydrogen-bond donors (Lipinski definition) is 1. The number of benzene rings is 1. The van der Waals surface area contributed by atoms with Gasteiger partial charge >= 0.3 is 0 Å². The molecule has 11 heteroatoms. The summed E-state index contributed by atoms with van der Waals surface area (Å²) in [5, 5.41) is 7.14. The minimum Gasteiger partial charge on any atom is -0.305 e. The number of hydrogen-bond acceptors (Lipinski definition) is 5. The SMILES string of the molecule is O=C(Nc1cn2nc(-c3c(-c4ccc(F)cc4)nc4ccccn34)ccc2n1)c1cc(F)nc(F)c1. The topological polar surface area (TPSA) is 89.5 Å². The Morgan fingerprint density at radius 2 is 1.61 bits per heavy atom. The highest BCUT2D eigenvalue weighted by Crippen LogP contribution is 2.32. The van der Waals surface area contributed by atoms with Gasteiger partial charge in [-0.05, 0) is 48.5 Å². The van der Waals surface area contributed by atoms with Gasteiger partial charge in [-0.25, -0.2) is 18.9 Å². The molecule has 0 saturated carbocycles. The second-order valence-electron chi connectivity index (χ2n) is 7.85. The Kier molecular flexibility index (Phi) is 4.95. The summed E-state index contributed by atoms with van der Waals surface area (Å²) in [6.45, 7) is 0. The Morgan fingerprint density at radius 3 is 2.39 bits per heavy atom. The average Bonchev–Trinajstić information content (AvgIpc) is 3.44. The maximum atomic E-state index is 13.5. The fraction of sp³-hybridized carbons (Fsp3) is 0. The molecule has 176 valence electrons. The molecule has 1 amide bonds. The van der Waals surface area contributed by atoms with Crippen LogP contribution >= 0.6 is 0 Å². The molecule has 5 aromatic heterocycles. The van der Waals surface area contributed by atoms with Crippen LogP contribution < -0.4 is 5.32 Å². The van der Waals surface area contributed by atoms with Crippen LogP contribution in [-0.4, -0.2) is 34.9 Å². The summed E-state index contributed by atoms with van der Waals surface area (Å²) in [5.41, 5.74) is 3.44. The van der Waals surface area contributed by atoms with Gasteiger partial charge in [0.15, 0.2) is 11.5 Å². The highest BCUT2D eigenvalue weighted by Gasteiger charge is 2.18. The number of nitrogens with one attached hydrogen (secondary N) is 1. The van der Waals surface area contributed by atoms with Gasteiger partial charge in [0.1, 0.15) is 22.9 Å². The van der Waals surface area contributed by atoms with Crippen molar-refractivity contribution in [3.05, 3.63) is 102 Å². The minimum absolute atomic E-state index is 0.138. The predicted octanol–water partition coefficient (Wildman–Crippen LogP) is 4.78. The summed E-state index contributed by atoms with van der Waals surface area (Å²) in [4.78, 5) is 24.4. The van der Waals surface area contributed by atoms with Crippen molar-refractivity contribution in [2.75, 3.05) is 5.32 Å². The van der Waals surface area contributed by atoms with Crippen molar-refractivity contribution in [1.82, 2.24) is 29.0 Å². The molecule has 0 saturated heterocycles. The van der Waals surface area contributed by atoms with Crippen LogP contribution in [0.3, 0.4) is 0 Å². The first-order valence-corrected chi connectivity index (χ1v) is 10.7. The van der Waals surface area contributed by atoms with E-state index in [-0.39, 0.29) is 17.2 Å². The number of carbonyl (C=O) groups excluding carboxylic acids is 1. The first-order valence-electron chi connectivity index (χ1n) is 10.7. The lowest BCUT2D eigenvalue weighted by molar-refractivity contribution is 0.102. The van der Waals surface area contributed by atoms with Crippen molar-refractivity contribution < 1.29 is 18.0 Å². The highest BCUT2D eigenvalue weighted by molar-refractivity contribution is 6.03. The molecule has 0 fully saturated rings. The quantitative estimate of drug-likeness (QED) is 0.363. The number of halogens is 3. The molecule has 6 rings (SSSR count). The van der Waals surface area contributed by atoms with Gasteiger partial charge in [0.25, 0.3) is 5.91 Å². The lowest BCUT2D eigenvalue weighted by Gasteiger charge is -2.05. The number of pyridine rings is 2.